The number of ether oxygens (including phenoxy) is 1. The summed E-state index contributed by atoms with van der Waals surface area (Å²) in [5, 5.41) is 0. The van der Waals surface area contributed by atoms with Gasteiger partial charge in [-0.3, -0.25) is 14.3 Å². The van der Waals surface area contributed by atoms with E-state index in [4.69, 9.17) is 13.8 Å². The Labute approximate surface area is 135 Å². The fraction of sp³-hybridized carbons (Fsp3) is 0.769. The average molecular weight is 350 g/mol. The van der Waals surface area contributed by atoms with Crippen molar-refractivity contribution < 1.29 is 32.7 Å². The summed E-state index contributed by atoms with van der Waals surface area (Å²) in [5.41, 5.74) is -2.35. The monoisotopic (exact) mass is 350 g/mol. The highest BCUT2D eigenvalue weighted by molar-refractivity contribution is 7.55. The second-order valence-corrected chi connectivity index (χ2v) is 8.49. The number of imide groups is 1. The van der Waals surface area contributed by atoms with Gasteiger partial charge in [0.2, 0.25) is 5.91 Å². The molecule has 1 heterocycles. The van der Waals surface area contributed by atoms with Crippen LogP contribution in [0, 0.1) is 0 Å². The fourth-order valence-corrected chi connectivity index (χ4v) is 3.97. The van der Waals surface area contributed by atoms with Gasteiger partial charge in [0.15, 0.2) is 11.7 Å². The Kier molecular flexibility index (Phi) is 5.61. The molecule has 0 aromatic rings. The standard InChI is InChI=1S/C13H23N2O7P/c1-13(2,3)22-11(17)8-9(23(19,20-6)21-7)10(16)15(5)12(18)14(8)4/h8-9H,1-7H3. The summed E-state index contributed by atoms with van der Waals surface area (Å²) in [6.45, 7) is 4.93. The number of carbonyl (C=O) groups excluding carboxylic acids is 3. The molecule has 0 bridgehead atoms. The molecule has 0 saturated carbocycles. The van der Waals surface area contributed by atoms with Crippen LogP contribution in [-0.4, -0.2) is 73.3 Å². The van der Waals surface area contributed by atoms with Crippen LogP contribution in [-0.2, 0) is 27.9 Å². The predicted octanol–water partition coefficient (Wildman–Crippen LogP) is 1.07. The minimum absolute atomic E-state index is 0.708. The van der Waals surface area contributed by atoms with Crippen molar-refractivity contribution in [3.8, 4) is 0 Å². The lowest BCUT2D eigenvalue weighted by atomic mass is 10.1. The molecule has 0 N–H and O–H groups in total. The van der Waals surface area contributed by atoms with Crippen molar-refractivity contribution in [2.75, 3.05) is 28.3 Å². The second kappa shape index (κ2) is 6.59. The van der Waals surface area contributed by atoms with Crippen LogP contribution in [0.2, 0.25) is 0 Å². The molecule has 132 valence electrons. The molecule has 1 saturated heterocycles. The van der Waals surface area contributed by atoms with Crippen molar-refractivity contribution >= 4 is 25.5 Å². The van der Waals surface area contributed by atoms with E-state index in [1.54, 1.807) is 20.8 Å². The van der Waals surface area contributed by atoms with Crippen LogP contribution in [0.25, 0.3) is 0 Å². The third kappa shape index (κ3) is 3.73. The van der Waals surface area contributed by atoms with Gasteiger partial charge >= 0.3 is 19.6 Å². The first-order valence-corrected chi connectivity index (χ1v) is 8.49. The molecule has 10 heteroatoms. The van der Waals surface area contributed by atoms with Gasteiger partial charge in [-0.2, -0.15) is 0 Å². The average Bonchev–Trinajstić information content (AvgIpc) is 2.45. The van der Waals surface area contributed by atoms with E-state index in [-0.39, 0.29) is 0 Å². The predicted molar refractivity (Wildman–Crippen MR) is 81.0 cm³/mol. The molecular weight excluding hydrogens is 327 g/mol. The first-order valence-electron chi connectivity index (χ1n) is 6.88. The van der Waals surface area contributed by atoms with Gasteiger partial charge in [-0.05, 0) is 20.8 Å². The summed E-state index contributed by atoms with van der Waals surface area (Å²) in [6.07, 6.45) is 0. The largest absolute Gasteiger partial charge is 0.458 e. The van der Waals surface area contributed by atoms with E-state index in [0.29, 0.717) is 0 Å². The summed E-state index contributed by atoms with van der Waals surface area (Å²) < 4.78 is 27.8. The molecule has 0 spiro atoms. The van der Waals surface area contributed by atoms with Gasteiger partial charge in [-0.15, -0.1) is 0 Å². The fourth-order valence-electron chi connectivity index (χ4n) is 2.25. The zero-order valence-corrected chi connectivity index (χ0v) is 15.2. The Morgan fingerprint density at radius 1 is 1.13 bits per heavy atom. The van der Waals surface area contributed by atoms with Gasteiger partial charge in [0.05, 0.1) is 0 Å². The Morgan fingerprint density at radius 3 is 2.00 bits per heavy atom. The van der Waals surface area contributed by atoms with Gasteiger partial charge in [0.1, 0.15) is 5.60 Å². The number of amides is 3. The number of likely N-dealkylation sites (N-methyl/N-ethyl adjacent to an activating group) is 1. The van der Waals surface area contributed by atoms with Crippen molar-refractivity contribution in [3.63, 3.8) is 0 Å². The number of esters is 1. The molecule has 1 rings (SSSR count). The highest BCUT2D eigenvalue weighted by atomic mass is 31.2. The lowest BCUT2D eigenvalue weighted by Crippen LogP contribution is -2.64. The van der Waals surface area contributed by atoms with Crippen LogP contribution in [0.5, 0.6) is 0 Å². The van der Waals surface area contributed by atoms with Crippen LogP contribution < -0.4 is 0 Å². The minimum atomic E-state index is -3.98. The van der Waals surface area contributed by atoms with E-state index in [1.807, 2.05) is 0 Å². The number of hydrogen-bond acceptors (Lipinski definition) is 7. The first-order chi connectivity index (χ1) is 10.4. The molecule has 23 heavy (non-hydrogen) atoms. The third-order valence-corrected chi connectivity index (χ3v) is 5.59. The molecule has 3 amide bonds. The van der Waals surface area contributed by atoms with Gasteiger partial charge in [-0.25, -0.2) is 9.59 Å². The molecule has 1 fully saturated rings. The highest BCUT2D eigenvalue weighted by Gasteiger charge is 2.57. The van der Waals surface area contributed by atoms with Crippen LogP contribution >= 0.6 is 7.60 Å². The van der Waals surface area contributed by atoms with Gasteiger partial charge in [0.25, 0.3) is 0 Å². The van der Waals surface area contributed by atoms with Gasteiger partial charge in [-0.1, -0.05) is 0 Å². The lowest BCUT2D eigenvalue weighted by Gasteiger charge is -2.42. The summed E-state index contributed by atoms with van der Waals surface area (Å²) in [4.78, 5) is 38.9. The molecule has 2 atom stereocenters. The molecule has 9 nitrogen and oxygen atoms in total. The van der Waals surface area contributed by atoms with Crippen molar-refractivity contribution in [2.24, 2.45) is 0 Å². The number of carbonyl (C=O) groups is 3. The summed E-state index contributed by atoms with van der Waals surface area (Å²) in [5.74, 6) is -1.68. The number of hydrogen-bond donors (Lipinski definition) is 0. The molecule has 1 aliphatic rings. The summed E-state index contributed by atoms with van der Waals surface area (Å²) in [6, 6.07) is -2.11. The van der Waals surface area contributed by atoms with E-state index in [1.165, 1.54) is 14.1 Å². The van der Waals surface area contributed by atoms with Crippen LogP contribution in [0.15, 0.2) is 0 Å². The minimum Gasteiger partial charge on any atom is -0.458 e. The zero-order chi connectivity index (χ0) is 18.2. The van der Waals surface area contributed by atoms with E-state index in [9.17, 15) is 18.9 Å². The van der Waals surface area contributed by atoms with Crippen LogP contribution in [0.4, 0.5) is 4.79 Å². The summed E-state index contributed by atoms with van der Waals surface area (Å²) >= 11 is 0. The maximum absolute atomic E-state index is 12.8. The lowest BCUT2D eigenvalue weighted by molar-refractivity contribution is -0.163. The summed E-state index contributed by atoms with van der Waals surface area (Å²) in [7, 11) is 0.800. The maximum Gasteiger partial charge on any atom is 0.345 e. The van der Waals surface area contributed by atoms with E-state index in [0.717, 1.165) is 24.0 Å². The van der Waals surface area contributed by atoms with Crippen LogP contribution in [0.3, 0.4) is 0 Å². The van der Waals surface area contributed by atoms with Gasteiger partial charge in [0, 0.05) is 28.3 Å². The van der Waals surface area contributed by atoms with E-state index >= 15 is 0 Å². The topological polar surface area (TPSA) is 102 Å². The number of rotatable bonds is 4. The molecule has 0 aliphatic carbocycles. The maximum atomic E-state index is 12.8. The van der Waals surface area contributed by atoms with Crippen molar-refractivity contribution in [1.82, 2.24) is 9.80 Å². The Balaban J connectivity index is 3.39. The zero-order valence-electron chi connectivity index (χ0n) is 14.4. The van der Waals surface area contributed by atoms with E-state index < -0.39 is 42.8 Å². The van der Waals surface area contributed by atoms with Crippen molar-refractivity contribution in [2.45, 2.75) is 38.1 Å². The number of nitrogens with zero attached hydrogens (tertiary/aromatic N) is 2. The Hall–Kier alpha value is -1.44. The molecule has 2 unspecified atom stereocenters. The quantitative estimate of drug-likeness (QED) is 0.552. The van der Waals surface area contributed by atoms with Gasteiger partial charge < -0.3 is 18.7 Å². The second-order valence-electron chi connectivity index (χ2n) is 6.12. The Morgan fingerprint density at radius 2 is 1.61 bits per heavy atom. The molecular formula is C13H23N2O7P. The number of urea groups is 1. The molecule has 1 aliphatic heterocycles. The van der Waals surface area contributed by atoms with Crippen LogP contribution in [0.1, 0.15) is 20.8 Å². The first kappa shape index (κ1) is 19.6. The Bertz CT molecular complexity index is 549. The normalized spacial score (nSPS) is 23.3. The van der Waals surface area contributed by atoms with Crippen molar-refractivity contribution in [3.05, 3.63) is 0 Å². The SMILES string of the molecule is COP(=O)(OC)C1C(=O)N(C)C(=O)N(C)C1C(=O)OC(C)(C)C. The highest BCUT2D eigenvalue weighted by Crippen LogP contribution is 2.55. The third-order valence-electron chi connectivity index (χ3n) is 3.39. The van der Waals surface area contributed by atoms with E-state index in [2.05, 4.69) is 0 Å². The van der Waals surface area contributed by atoms with Crippen molar-refractivity contribution in [1.29, 1.82) is 0 Å². The molecule has 0 radical (unpaired) electrons. The smallest absolute Gasteiger partial charge is 0.345 e. The molecule has 0 aromatic carbocycles. The molecule has 0 aromatic heterocycles.